The minimum absolute atomic E-state index is 0.0122. The Kier molecular flexibility index (Phi) is 41.0. The number of aliphatic carboxylic acids is 3. The summed E-state index contributed by atoms with van der Waals surface area (Å²) in [4.78, 5) is 194. The number of carbonyl (C=O) groups excluding carboxylic acids is 12. The second-order valence-corrected chi connectivity index (χ2v) is 20.4. The molecule has 0 saturated heterocycles. The number of carboxylic acids is 3. The number of nitrogens with one attached hydrogen (secondary N) is 9. The van der Waals surface area contributed by atoms with Gasteiger partial charge in [0.2, 0.25) is 70.9 Å². The van der Waals surface area contributed by atoms with Gasteiger partial charge in [-0.15, -0.1) is 0 Å². The predicted octanol–water partition coefficient (Wildman–Crippen LogP) is -5.17. The van der Waals surface area contributed by atoms with Crippen LogP contribution in [-0.4, -0.2) is 241 Å². The standard InChI is InChI=1S/C53H91N15O19/c1-5-6-7-8-9-10-11-12-13-14-15-16-17-20-38(70)57-25-39(71)58-26-40(72)59-27-41(73)60-29-44(76)67(3)31-46(78)68(4)32-45(77)66(2)30-43(75)62-35(21-22-47(79)80)50(84)64-34(19-18-23-56-53(54)55)49(83)61-28-42(74)63-36(24-48(81)82)51(85)65-37(33-69)52(86)87/h34-37,69H,5-33H2,1-4H3,(H,57,70)(H,58,71)(H,59,72)(H,60,73)(H,61,83)(H,62,75)(H,63,74)(H,64,84)(H,65,85)(H,79,80)(H,81,82)(H,86,87)(H4,54,55,56)/t34-,35-,36-,37-/m0/s1. The SMILES string of the molecule is CCCCCCCCCCCCCCCC(=O)NCC(=O)NCC(=O)NCC(=O)NCC(=O)N(C)CC(=O)N(C)CC(=O)N(C)CC(=O)N[C@@H](CCC(=O)O)C(=O)N[C@@H](CCCN=C(N)N)C(=O)NCC(=O)N[C@@H](CC(=O)O)C(=O)N[C@@H](CO)C(=O)O. The van der Waals surface area contributed by atoms with Gasteiger partial charge in [-0.3, -0.25) is 72.1 Å². The molecule has 0 aliphatic heterocycles. The molecule has 0 aromatic rings. The van der Waals surface area contributed by atoms with Crippen molar-refractivity contribution in [3.05, 3.63) is 0 Å². The molecule has 4 atom stereocenters. The minimum atomic E-state index is -1.88. The molecule has 0 aromatic carbocycles. The van der Waals surface area contributed by atoms with Crippen LogP contribution in [0.4, 0.5) is 0 Å². The molecule has 492 valence electrons. The third-order valence-corrected chi connectivity index (χ3v) is 12.8. The fraction of sp³-hybridized carbons (Fsp3) is 0.698. The first-order chi connectivity index (χ1) is 41.1. The van der Waals surface area contributed by atoms with Gasteiger partial charge in [0.15, 0.2) is 5.96 Å². The van der Waals surface area contributed by atoms with Crippen LogP contribution in [0.15, 0.2) is 4.99 Å². The van der Waals surface area contributed by atoms with E-state index < -0.39 is 179 Å². The highest BCUT2D eigenvalue weighted by molar-refractivity contribution is 5.97. The van der Waals surface area contributed by atoms with E-state index in [1.54, 1.807) is 0 Å². The number of carboxylic acid groups (broad SMARTS) is 3. The van der Waals surface area contributed by atoms with Crippen LogP contribution in [0.1, 0.15) is 129 Å². The van der Waals surface area contributed by atoms with Crippen molar-refractivity contribution in [3.8, 4) is 0 Å². The first-order valence-electron chi connectivity index (χ1n) is 28.7. The molecule has 0 heterocycles. The van der Waals surface area contributed by atoms with Crippen LogP contribution in [-0.2, 0) is 71.9 Å². The number of aliphatic imine (C=N–C) groups is 1. The highest BCUT2D eigenvalue weighted by Gasteiger charge is 2.31. The van der Waals surface area contributed by atoms with Gasteiger partial charge in [0.25, 0.3) is 0 Å². The molecule has 0 aromatic heterocycles. The Hall–Kier alpha value is -8.72. The monoisotopic (exact) mass is 1240 g/mol. The molecule has 0 saturated carbocycles. The Morgan fingerprint density at radius 3 is 1.32 bits per heavy atom. The number of nitrogens with two attached hydrogens (primary N) is 2. The number of hydrogen-bond donors (Lipinski definition) is 15. The number of carbonyl (C=O) groups is 15. The van der Waals surface area contributed by atoms with Gasteiger partial charge < -0.3 is 94.4 Å². The van der Waals surface area contributed by atoms with Gasteiger partial charge in [-0.1, -0.05) is 84.0 Å². The zero-order chi connectivity index (χ0) is 65.9. The summed E-state index contributed by atoms with van der Waals surface area (Å²) in [6.45, 7) is -3.83. The zero-order valence-corrected chi connectivity index (χ0v) is 50.2. The fourth-order valence-corrected chi connectivity index (χ4v) is 7.75. The van der Waals surface area contributed by atoms with E-state index in [2.05, 4.69) is 49.1 Å². The van der Waals surface area contributed by atoms with Crippen molar-refractivity contribution >= 4 is 94.8 Å². The maximum atomic E-state index is 13.6. The minimum Gasteiger partial charge on any atom is -0.481 e. The lowest BCUT2D eigenvalue weighted by molar-refractivity contribution is -0.144. The van der Waals surface area contributed by atoms with E-state index in [0.29, 0.717) is 6.42 Å². The van der Waals surface area contributed by atoms with E-state index in [4.69, 9.17) is 16.6 Å². The summed E-state index contributed by atoms with van der Waals surface area (Å²) in [6.07, 6.45) is 13.0. The molecule has 12 amide bonds. The van der Waals surface area contributed by atoms with Crippen molar-refractivity contribution in [1.29, 1.82) is 0 Å². The topological polar surface area (TPSA) is 519 Å². The average molecular weight is 1240 g/mol. The van der Waals surface area contributed by atoms with E-state index in [9.17, 15) is 87.2 Å². The number of nitrogens with zero attached hydrogens (tertiary/aromatic N) is 4. The summed E-state index contributed by atoms with van der Waals surface area (Å²) < 4.78 is 0. The predicted molar refractivity (Wildman–Crippen MR) is 310 cm³/mol. The van der Waals surface area contributed by atoms with Gasteiger partial charge in [-0.25, -0.2) is 4.79 Å². The van der Waals surface area contributed by atoms with E-state index in [0.717, 1.165) is 41.0 Å². The molecule has 34 heteroatoms. The number of amides is 12. The Morgan fingerprint density at radius 1 is 0.414 bits per heavy atom. The summed E-state index contributed by atoms with van der Waals surface area (Å²) in [5, 5.41) is 57.0. The van der Waals surface area contributed by atoms with E-state index in [-0.39, 0.29) is 44.2 Å². The van der Waals surface area contributed by atoms with Crippen molar-refractivity contribution in [2.75, 3.05) is 86.7 Å². The first kappa shape index (κ1) is 78.3. The molecular weight excluding hydrogens is 1150 g/mol. The quantitative estimate of drug-likeness (QED) is 0.0154. The van der Waals surface area contributed by atoms with Crippen molar-refractivity contribution in [2.45, 2.75) is 153 Å². The summed E-state index contributed by atoms with van der Waals surface area (Å²) >= 11 is 0. The van der Waals surface area contributed by atoms with Crippen molar-refractivity contribution in [1.82, 2.24) is 62.6 Å². The highest BCUT2D eigenvalue weighted by atomic mass is 16.4. The molecule has 0 unspecified atom stereocenters. The van der Waals surface area contributed by atoms with Crippen LogP contribution < -0.4 is 59.3 Å². The smallest absolute Gasteiger partial charge is 0.328 e. The third-order valence-electron chi connectivity index (χ3n) is 12.8. The Labute approximate surface area is 504 Å². The van der Waals surface area contributed by atoms with E-state index in [1.807, 2.05) is 10.6 Å². The molecule has 17 N–H and O–H groups in total. The summed E-state index contributed by atoms with van der Waals surface area (Å²) in [5.74, 6) is -15.3. The summed E-state index contributed by atoms with van der Waals surface area (Å²) in [7, 11) is 3.61. The van der Waals surface area contributed by atoms with Gasteiger partial charge in [-0.05, 0) is 25.7 Å². The lowest BCUT2D eigenvalue weighted by Crippen LogP contribution is -2.57. The Bertz CT molecular complexity index is 2340. The maximum absolute atomic E-state index is 13.6. The molecule has 0 rings (SSSR count). The third kappa shape index (κ3) is 39.5. The van der Waals surface area contributed by atoms with Gasteiger partial charge in [-0.2, -0.15) is 0 Å². The highest BCUT2D eigenvalue weighted by Crippen LogP contribution is 2.13. The van der Waals surface area contributed by atoms with Gasteiger partial charge in [0.1, 0.15) is 24.2 Å². The second-order valence-electron chi connectivity index (χ2n) is 20.4. The summed E-state index contributed by atoms with van der Waals surface area (Å²) in [5.41, 5.74) is 10.7. The number of unbranched alkanes of at least 4 members (excludes halogenated alkanes) is 12. The van der Waals surface area contributed by atoms with Crippen LogP contribution in [0.5, 0.6) is 0 Å². The number of likely N-dealkylation sites (N-methyl/N-ethyl adjacent to an activating group) is 3. The number of hydrogen-bond acceptors (Lipinski definition) is 17. The molecule has 0 radical (unpaired) electrons. The fourth-order valence-electron chi connectivity index (χ4n) is 7.75. The molecule has 87 heavy (non-hydrogen) atoms. The number of guanidine groups is 1. The Balaban J connectivity index is 5.13. The van der Waals surface area contributed by atoms with Crippen molar-refractivity contribution in [3.63, 3.8) is 0 Å². The number of aliphatic hydroxyl groups is 1. The molecule has 0 aliphatic rings. The van der Waals surface area contributed by atoms with Gasteiger partial charge >= 0.3 is 17.9 Å². The van der Waals surface area contributed by atoms with Crippen molar-refractivity contribution in [2.24, 2.45) is 16.5 Å². The van der Waals surface area contributed by atoms with Crippen LogP contribution >= 0.6 is 0 Å². The van der Waals surface area contributed by atoms with Crippen molar-refractivity contribution < 1.29 is 92.3 Å². The lowest BCUT2D eigenvalue weighted by atomic mass is 10.0. The van der Waals surface area contributed by atoms with Crippen LogP contribution in [0.3, 0.4) is 0 Å². The maximum Gasteiger partial charge on any atom is 0.328 e. The van der Waals surface area contributed by atoms with Gasteiger partial charge in [0.05, 0.1) is 65.4 Å². The first-order valence-corrected chi connectivity index (χ1v) is 28.7. The molecule has 0 aliphatic carbocycles. The Morgan fingerprint density at radius 2 is 0.839 bits per heavy atom. The van der Waals surface area contributed by atoms with E-state index >= 15 is 0 Å². The molecule has 0 fully saturated rings. The lowest BCUT2D eigenvalue weighted by Gasteiger charge is -2.25. The normalized spacial score (nSPS) is 12.0. The largest absolute Gasteiger partial charge is 0.481 e. The molecule has 34 nitrogen and oxygen atoms in total. The number of aliphatic hydroxyl groups excluding tert-OH is 1. The summed E-state index contributed by atoms with van der Waals surface area (Å²) in [6, 6.07) is -6.93. The second kappa shape index (κ2) is 45.6. The molecule has 0 bridgehead atoms. The van der Waals surface area contributed by atoms with Crippen LogP contribution in [0.25, 0.3) is 0 Å². The molecule has 0 spiro atoms. The number of rotatable bonds is 48. The average Bonchev–Trinajstić information content (AvgIpc) is 3.67. The molecular formula is C53H91N15O19. The zero-order valence-electron chi connectivity index (χ0n) is 50.2. The van der Waals surface area contributed by atoms with Crippen LogP contribution in [0, 0.1) is 0 Å². The van der Waals surface area contributed by atoms with Gasteiger partial charge in [0, 0.05) is 40.5 Å². The van der Waals surface area contributed by atoms with E-state index in [1.165, 1.54) is 71.9 Å². The van der Waals surface area contributed by atoms with Crippen LogP contribution in [0.2, 0.25) is 0 Å².